The zero-order valence-corrected chi connectivity index (χ0v) is 20.6. The number of carbonyl (C=O) groups is 2. The van der Waals surface area contributed by atoms with Crippen LogP contribution in [0.2, 0.25) is 0 Å². The van der Waals surface area contributed by atoms with E-state index in [1.54, 1.807) is 25.1 Å². The number of hydrogen-bond donors (Lipinski definition) is 2. The molecule has 10 heteroatoms. The van der Waals surface area contributed by atoms with E-state index in [9.17, 15) is 27.9 Å². The summed E-state index contributed by atoms with van der Waals surface area (Å²) in [6, 6.07) is 7.64. The molecule has 2 aromatic carbocycles. The van der Waals surface area contributed by atoms with Gasteiger partial charge in [0.05, 0.1) is 31.0 Å². The van der Waals surface area contributed by atoms with Crippen molar-refractivity contribution >= 4 is 17.6 Å². The molecule has 2 atom stereocenters. The van der Waals surface area contributed by atoms with Gasteiger partial charge < -0.3 is 24.6 Å². The first-order chi connectivity index (χ1) is 16.9. The minimum atomic E-state index is -4.98. The van der Waals surface area contributed by atoms with Crippen LogP contribution in [0.25, 0.3) is 0 Å². The number of rotatable bonds is 8. The van der Waals surface area contributed by atoms with E-state index >= 15 is 0 Å². The number of esters is 2. The minimum absolute atomic E-state index is 0.0300. The fraction of sp³-hybridized carbons (Fsp3) is 0.385. The summed E-state index contributed by atoms with van der Waals surface area (Å²) in [6.45, 7) is 2.92. The Kier molecular flexibility index (Phi) is 7.68. The highest BCUT2D eigenvalue weighted by Crippen LogP contribution is 2.43. The molecule has 0 aliphatic carbocycles. The van der Waals surface area contributed by atoms with Crippen LogP contribution in [0, 0.1) is 6.92 Å². The van der Waals surface area contributed by atoms with E-state index in [-0.39, 0.29) is 35.4 Å². The smallest absolute Gasteiger partial charge is 0.414 e. The van der Waals surface area contributed by atoms with Gasteiger partial charge in [-0.05, 0) is 31.4 Å². The number of benzene rings is 2. The van der Waals surface area contributed by atoms with Gasteiger partial charge in [0, 0.05) is 18.2 Å². The fourth-order valence-electron chi connectivity index (χ4n) is 4.62. The Bertz CT molecular complexity index is 1190. The predicted octanol–water partition coefficient (Wildman–Crippen LogP) is 4.24. The molecule has 0 saturated heterocycles. The van der Waals surface area contributed by atoms with Gasteiger partial charge in [-0.2, -0.15) is 13.2 Å². The van der Waals surface area contributed by atoms with E-state index in [4.69, 9.17) is 14.2 Å². The number of aliphatic hydroxyl groups excluding tert-OH is 1. The second kappa shape index (κ2) is 10.2. The van der Waals surface area contributed by atoms with Crippen LogP contribution in [0.1, 0.15) is 39.5 Å². The van der Waals surface area contributed by atoms with E-state index in [0.29, 0.717) is 16.9 Å². The Balaban J connectivity index is 2.19. The van der Waals surface area contributed by atoms with Gasteiger partial charge in [-0.1, -0.05) is 36.4 Å². The number of carbonyl (C=O) groups excluding carboxylic acids is 2. The van der Waals surface area contributed by atoms with Crippen LogP contribution in [-0.4, -0.2) is 50.6 Å². The minimum Gasteiger partial charge on any atom is -0.496 e. The van der Waals surface area contributed by atoms with Crippen molar-refractivity contribution < 1.29 is 42.1 Å². The van der Waals surface area contributed by atoms with E-state index in [1.165, 1.54) is 33.2 Å². The van der Waals surface area contributed by atoms with Gasteiger partial charge in [0.2, 0.25) is 0 Å². The molecule has 1 heterocycles. The quantitative estimate of drug-likeness (QED) is 0.408. The molecule has 0 saturated carbocycles. The molecule has 0 fully saturated rings. The topological polar surface area (TPSA) is 94.1 Å². The molecule has 0 bridgehead atoms. The molecular weight excluding hydrogens is 479 g/mol. The lowest BCUT2D eigenvalue weighted by molar-refractivity contribution is -0.154. The van der Waals surface area contributed by atoms with Gasteiger partial charge in [-0.3, -0.25) is 4.79 Å². The highest BCUT2D eigenvalue weighted by molar-refractivity contribution is 6.01. The summed E-state index contributed by atoms with van der Waals surface area (Å²) in [4.78, 5) is 25.1. The third-order valence-electron chi connectivity index (χ3n) is 6.60. The maximum absolute atomic E-state index is 14.3. The van der Waals surface area contributed by atoms with Gasteiger partial charge in [0.1, 0.15) is 23.9 Å². The summed E-state index contributed by atoms with van der Waals surface area (Å²) in [6.07, 6.45) is -6.84. The zero-order chi connectivity index (χ0) is 26.8. The number of hydrogen-bond acceptors (Lipinski definition) is 7. The van der Waals surface area contributed by atoms with Crippen LogP contribution in [-0.2, 0) is 32.7 Å². The van der Waals surface area contributed by atoms with Crippen LogP contribution in [0.4, 0.5) is 18.9 Å². The van der Waals surface area contributed by atoms with Crippen LogP contribution >= 0.6 is 0 Å². The SMILES string of the molecule is CNc1c(C/C=C(\C(O)C(C)(C(=O)OC)c2ccccc2)C(F)(F)F)c(OC)c(C)c2c1C(=O)OC2. The Morgan fingerprint density at radius 3 is 2.42 bits per heavy atom. The molecule has 0 radical (unpaired) electrons. The third kappa shape index (κ3) is 4.53. The Labute approximate surface area is 206 Å². The molecule has 1 aliphatic rings. The molecule has 194 valence electrons. The number of cyclic esters (lactones) is 1. The van der Waals surface area contributed by atoms with E-state index < -0.39 is 35.2 Å². The van der Waals surface area contributed by atoms with E-state index in [2.05, 4.69) is 5.32 Å². The molecule has 1 aliphatic heterocycles. The van der Waals surface area contributed by atoms with Gasteiger partial charge >= 0.3 is 18.1 Å². The monoisotopic (exact) mass is 507 g/mol. The average Bonchev–Trinajstić information content (AvgIpc) is 3.24. The molecular formula is C26H28F3NO6. The summed E-state index contributed by atoms with van der Waals surface area (Å²) in [5, 5.41) is 14.0. The maximum atomic E-state index is 14.3. The number of aliphatic hydroxyl groups is 1. The Morgan fingerprint density at radius 1 is 1.25 bits per heavy atom. The van der Waals surface area contributed by atoms with Crippen molar-refractivity contribution in [3.63, 3.8) is 0 Å². The third-order valence-corrected chi connectivity index (χ3v) is 6.60. The standard InChI is InChI=1S/C26H28F3NO6/c1-14-17-13-36-23(32)19(17)20(30-3)16(21(14)34-4)11-12-18(26(27,28)29)22(31)25(2,24(33)35-5)15-9-7-6-8-10-15/h6-10,12,22,30-31H,11,13H2,1-5H3/b18-12+. The number of ether oxygens (including phenoxy) is 3. The van der Waals surface area contributed by atoms with Gasteiger partial charge in [-0.15, -0.1) is 0 Å². The summed E-state index contributed by atoms with van der Waals surface area (Å²) in [5.41, 5.74) is -1.27. The second-order valence-corrected chi connectivity index (χ2v) is 8.52. The number of nitrogens with one attached hydrogen (secondary N) is 1. The number of methoxy groups -OCH3 is 2. The summed E-state index contributed by atoms with van der Waals surface area (Å²) in [7, 11) is 3.96. The van der Waals surface area contributed by atoms with Crippen LogP contribution in [0.15, 0.2) is 42.0 Å². The first kappa shape index (κ1) is 27.1. The van der Waals surface area contributed by atoms with Crippen molar-refractivity contribution in [1.82, 2.24) is 0 Å². The Hall–Kier alpha value is -3.53. The maximum Gasteiger partial charge on any atom is 0.414 e. The van der Waals surface area contributed by atoms with Crippen molar-refractivity contribution in [3.8, 4) is 5.75 Å². The van der Waals surface area contributed by atoms with E-state index in [0.717, 1.165) is 13.2 Å². The Morgan fingerprint density at radius 2 is 1.89 bits per heavy atom. The van der Waals surface area contributed by atoms with Crippen molar-refractivity contribution in [3.05, 3.63) is 69.8 Å². The predicted molar refractivity (Wildman–Crippen MR) is 126 cm³/mol. The van der Waals surface area contributed by atoms with Crippen molar-refractivity contribution in [2.75, 3.05) is 26.6 Å². The van der Waals surface area contributed by atoms with Crippen LogP contribution in [0.3, 0.4) is 0 Å². The summed E-state index contributed by atoms with van der Waals surface area (Å²) < 4.78 is 58.4. The first-order valence-corrected chi connectivity index (χ1v) is 11.1. The molecule has 36 heavy (non-hydrogen) atoms. The first-order valence-electron chi connectivity index (χ1n) is 11.1. The number of fused-ring (bicyclic) bond motifs is 1. The lowest BCUT2D eigenvalue weighted by Crippen LogP contribution is -2.48. The van der Waals surface area contributed by atoms with Gasteiger partial charge in [0.15, 0.2) is 0 Å². The highest BCUT2D eigenvalue weighted by atomic mass is 19.4. The normalized spacial score (nSPS) is 16.0. The number of alkyl halides is 3. The molecule has 2 unspecified atom stereocenters. The summed E-state index contributed by atoms with van der Waals surface area (Å²) >= 11 is 0. The summed E-state index contributed by atoms with van der Waals surface area (Å²) in [5.74, 6) is -1.33. The molecule has 0 aromatic heterocycles. The van der Waals surface area contributed by atoms with Crippen LogP contribution < -0.4 is 10.1 Å². The highest BCUT2D eigenvalue weighted by Gasteiger charge is 2.51. The lowest BCUT2D eigenvalue weighted by atomic mass is 9.74. The number of halogens is 3. The fourth-order valence-corrected chi connectivity index (χ4v) is 4.62. The number of allylic oxidation sites excluding steroid dienone is 1. The van der Waals surface area contributed by atoms with E-state index in [1.807, 2.05) is 0 Å². The zero-order valence-electron chi connectivity index (χ0n) is 20.6. The van der Waals surface area contributed by atoms with Crippen molar-refractivity contribution in [1.29, 1.82) is 0 Å². The molecule has 0 amide bonds. The lowest BCUT2D eigenvalue weighted by Gasteiger charge is -2.34. The largest absolute Gasteiger partial charge is 0.496 e. The second-order valence-electron chi connectivity index (χ2n) is 8.52. The van der Waals surface area contributed by atoms with Crippen molar-refractivity contribution in [2.45, 2.75) is 44.6 Å². The molecule has 7 nitrogen and oxygen atoms in total. The van der Waals surface area contributed by atoms with Crippen LogP contribution in [0.5, 0.6) is 5.75 Å². The van der Waals surface area contributed by atoms with Gasteiger partial charge in [-0.25, -0.2) is 4.79 Å². The molecule has 3 rings (SSSR count). The molecule has 2 aromatic rings. The van der Waals surface area contributed by atoms with Crippen molar-refractivity contribution in [2.24, 2.45) is 0 Å². The average molecular weight is 508 g/mol. The number of anilines is 1. The molecule has 2 N–H and O–H groups in total. The van der Waals surface area contributed by atoms with Gasteiger partial charge in [0.25, 0.3) is 0 Å². The molecule has 0 spiro atoms.